The topological polar surface area (TPSA) is 65.7 Å². The van der Waals surface area contributed by atoms with Gasteiger partial charge in [-0.25, -0.2) is 0 Å². The summed E-state index contributed by atoms with van der Waals surface area (Å²) < 4.78 is 5.47. The summed E-state index contributed by atoms with van der Waals surface area (Å²) in [4.78, 5) is 24.8. The highest BCUT2D eigenvalue weighted by Gasteiger charge is 2.23. The number of benzene rings is 1. The van der Waals surface area contributed by atoms with Gasteiger partial charge in [-0.1, -0.05) is 5.16 Å². The first kappa shape index (κ1) is 20.4. The summed E-state index contributed by atoms with van der Waals surface area (Å²) in [7, 11) is 0. The molecule has 0 unspecified atom stereocenters. The molecule has 1 aromatic carbocycles. The molecule has 2 aliphatic heterocycles. The summed E-state index contributed by atoms with van der Waals surface area (Å²) in [6, 6.07) is 8.19. The quantitative estimate of drug-likeness (QED) is 0.672. The van der Waals surface area contributed by atoms with E-state index in [-0.39, 0.29) is 5.91 Å². The Bertz CT molecular complexity index is 796. The normalized spacial score (nSPS) is 18.9. The first-order valence-electron chi connectivity index (χ1n) is 10.4. The molecule has 1 aromatic heterocycles. The van der Waals surface area contributed by atoms with Gasteiger partial charge in [-0.2, -0.15) is 4.98 Å². The highest BCUT2D eigenvalue weighted by Crippen LogP contribution is 2.21. The van der Waals surface area contributed by atoms with E-state index < -0.39 is 0 Å². The third-order valence-electron chi connectivity index (χ3n) is 5.71. The Hall–Kier alpha value is -1.90. The van der Waals surface area contributed by atoms with Crippen LogP contribution in [0.5, 0.6) is 0 Å². The lowest BCUT2D eigenvalue weighted by Crippen LogP contribution is -2.50. The molecule has 3 heterocycles. The summed E-state index contributed by atoms with van der Waals surface area (Å²) in [5.74, 6) is 1.57. The maximum Gasteiger partial charge on any atom is 0.241 e. The molecular weight excluding hydrogens is 386 g/mol. The van der Waals surface area contributed by atoms with Crippen molar-refractivity contribution in [2.75, 3.05) is 52.1 Å². The minimum Gasteiger partial charge on any atom is -0.342 e. The van der Waals surface area contributed by atoms with Gasteiger partial charge in [-0.3, -0.25) is 14.6 Å². The van der Waals surface area contributed by atoms with Gasteiger partial charge in [0.05, 0.1) is 13.1 Å². The molecule has 2 aromatic rings. The van der Waals surface area contributed by atoms with Crippen molar-refractivity contribution in [3.05, 3.63) is 30.2 Å². The van der Waals surface area contributed by atoms with Crippen molar-refractivity contribution in [2.24, 2.45) is 0 Å². The van der Waals surface area contributed by atoms with Crippen LogP contribution in [0.1, 0.15) is 25.2 Å². The fourth-order valence-electron chi connectivity index (χ4n) is 3.91. The van der Waals surface area contributed by atoms with Gasteiger partial charge in [0.1, 0.15) is 0 Å². The molecular formula is C21H29N5O2S. The van der Waals surface area contributed by atoms with E-state index in [1.165, 1.54) is 11.3 Å². The number of nitrogens with zero attached hydrogens (tertiary/aromatic N) is 5. The molecule has 2 aliphatic rings. The summed E-state index contributed by atoms with van der Waals surface area (Å²) in [5.41, 5.74) is 0.971. The molecule has 0 spiro atoms. The Balaban J connectivity index is 1.24. The maximum atomic E-state index is 12.5. The van der Waals surface area contributed by atoms with Crippen LogP contribution in [0, 0.1) is 0 Å². The van der Waals surface area contributed by atoms with Gasteiger partial charge in [0.15, 0.2) is 0 Å². The molecule has 29 heavy (non-hydrogen) atoms. The van der Waals surface area contributed by atoms with Crippen molar-refractivity contribution >= 4 is 17.7 Å². The van der Waals surface area contributed by atoms with Gasteiger partial charge in [0, 0.05) is 49.7 Å². The van der Waals surface area contributed by atoms with E-state index in [2.05, 4.69) is 38.3 Å². The molecule has 156 valence electrons. The van der Waals surface area contributed by atoms with E-state index in [1.54, 1.807) is 11.8 Å². The van der Waals surface area contributed by atoms with Crippen LogP contribution in [0.2, 0.25) is 0 Å². The lowest BCUT2D eigenvalue weighted by molar-refractivity contribution is -0.133. The molecule has 2 fully saturated rings. The Kier molecular flexibility index (Phi) is 6.84. The largest absolute Gasteiger partial charge is 0.342 e. The molecule has 0 atom stereocenters. The molecule has 0 bridgehead atoms. The van der Waals surface area contributed by atoms with Crippen LogP contribution in [0.15, 0.2) is 33.7 Å². The summed E-state index contributed by atoms with van der Waals surface area (Å²) in [6.07, 6.45) is 5.61. The summed E-state index contributed by atoms with van der Waals surface area (Å²) in [6.45, 7) is 6.68. The van der Waals surface area contributed by atoms with Crippen LogP contribution in [-0.4, -0.2) is 82.8 Å². The number of likely N-dealkylation sites (tertiary alicyclic amines) is 1. The number of thioether (sulfide) groups is 1. The Morgan fingerprint density at radius 2 is 1.69 bits per heavy atom. The van der Waals surface area contributed by atoms with Gasteiger partial charge >= 0.3 is 0 Å². The lowest BCUT2D eigenvalue weighted by Gasteiger charge is -2.35. The number of carbonyl (C=O) groups is 1. The van der Waals surface area contributed by atoms with Crippen LogP contribution >= 0.6 is 11.8 Å². The summed E-state index contributed by atoms with van der Waals surface area (Å²) in [5, 5.41) is 4.13. The predicted octanol–water partition coefficient (Wildman–Crippen LogP) is 2.59. The van der Waals surface area contributed by atoms with Crippen LogP contribution in [0.4, 0.5) is 0 Å². The SMILES string of the molecule is CSc1ccc(-c2noc(CN3CCN(CC(=O)N4CCCCC4)CC3)n2)cc1. The first-order chi connectivity index (χ1) is 14.2. The van der Waals surface area contributed by atoms with Crippen molar-refractivity contribution < 1.29 is 9.32 Å². The van der Waals surface area contributed by atoms with Crippen molar-refractivity contribution in [1.82, 2.24) is 24.8 Å². The van der Waals surface area contributed by atoms with E-state index in [9.17, 15) is 4.79 Å². The fraction of sp³-hybridized carbons (Fsp3) is 0.571. The second kappa shape index (κ2) is 9.73. The minimum atomic E-state index is 0.284. The highest BCUT2D eigenvalue weighted by molar-refractivity contribution is 7.98. The number of aromatic nitrogens is 2. The van der Waals surface area contributed by atoms with E-state index >= 15 is 0 Å². The minimum absolute atomic E-state index is 0.284. The molecule has 0 N–H and O–H groups in total. The molecule has 8 heteroatoms. The number of amides is 1. The van der Waals surface area contributed by atoms with Crippen LogP contribution < -0.4 is 0 Å². The molecule has 0 radical (unpaired) electrons. The fourth-order valence-corrected chi connectivity index (χ4v) is 4.32. The van der Waals surface area contributed by atoms with E-state index in [0.717, 1.165) is 57.7 Å². The van der Waals surface area contributed by atoms with Crippen molar-refractivity contribution in [2.45, 2.75) is 30.7 Å². The maximum absolute atomic E-state index is 12.5. The van der Waals surface area contributed by atoms with E-state index in [0.29, 0.717) is 24.8 Å². The van der Waals surface area contributed by atoms with Gasteiger partial charge in [-0.15, -0.1) is 11.8 Å². The van der Waals surface area contributed by atoms with Crippen molar-refractivity contribution in [1.29, 1.82) is 0 Å². The van der Waals surface area contributed by atoms with E-state index in [4.69, 9.17) is 4.52 Å². The first-order valence-corrected chi connectivity index (χ1v) is 11.6. The van der Waals surface area contributed by atoms with Crippen LogP contribution in [-0.2, 0) is 11.3 Å². The Morgan fingerprint density at radius 3 is 2.38 bits per heavy atom. The smallest absolute Gasteiger partial charge is 0.241 e. The van der Waals surface area contributed by atoms with Crippen LogP contribution in [0.25, 0.3) is 11.4 Å². The monoisotopic (exact) mass is 415 g/mol. The standard InChI is InChI=1S/C21H29N5O2S/c1-29-18-7-5-17(6-8-18)21-22-19(28-23-21)15-24-11-13-25(14-12-24)16-20(27)26-9-3-2-4-10-26/h5-8H,2-4,9-16H2,1H3. The van der Waals surface area contributed by atoms with Gasteiger partial charge in [0.2, 0.25) is 17.6 Å². The summed E-state index contributed by atoms with van der Waals surface area (Å²) >= 11 is 1.71. The van der Waals surface area contributed by atoms with Gasteiger partial charge < -0.3 is 9.42 Å². The zero-order valence-corrected chi connectivity index (χ0v) is 17.9. The van der Waals surface area contributed by atoms with Crippen molar-refractivity contribution in [3.8, 4) is 11.4 Å². The molecule has 2 saturated heterocycles. The number of carbonyl (C=O) groups excluding carboxylic acids is 1. The second-order valence-electron chi connectivity index (χ2n) is 7.73. The zero-order valence-electron chi connectivity index (χ0n) is 17.0. The van der Waals surface area contributed by atoms with Gasteiger partial charge in [0.25, 0.3) is 0 Å². The number of hydrogen-bond donors (Lipinski definition) is 0. The van der Waals surface area contributed by atoms with E-state index in [1.807, 2.05) is 17.0 Å². The number of piperidine rings is 1. The molecule has 0 saturated carbocycles. The molecule has 0 aliphatic carbocycles. The molecule has 1 amide bonds. The Morgan fingerprint density at radius 1 is 1.00 bits per heavy atom. The van der Waals surface area contributed by atoms with Gasteiger partial charge in [-0.05, 0) is 49.8 Å². The third kappa shape index (κ3) is 5.38. The number of rotatable bonds is 6. The predicted molar refractivity (Wildman–Crippen MR) is 114 cm³/mol. The lowest BCUT2D eigenvalue weighted by atomic mass is 10.1. The number of hydrogen-bond acceptors (Lipinski definition) is 7. The average Bonchev–Trinajstić information content (AvgIpc) is 3.24. The average molecular weight is 416 g/mol. The third-order valence-corrected chi connectivity index (χ3v) is 6.45. The second-order valence-corrected chi connectivity index (χ2v) is 8.61. The van der Waals surface area contributed by atoms with Crippen molar-refractivity contribution in [3.63, 3.8) is 0 Å². The molecule has 7 nitrogen and oxygen atoms in total. The highest BCUT2D eigenvalue weighted by atomic mass is 32.2. The number of piperazine rings is 1. The van der Waals surface area contributed by atoms with Crippen LogP contribution in [0.3, 0.4) is 0 Å². The molecule has 4 rings (SSSR count). The zero-order chi connectivity index (χ0) is 20.1. The Labute approximate surface area is 176 Å².